The van der Waals surface area contributed by atoms with Gasteiger partial charge in [0.05, 0.1) is 17.2 Å². The lowest BCUT2D eigenvalue weighted by Crippen LogP contribution is -2.54. The van der Waals surface area contributed by atoms with Gasteiger partial charge in [0.25, 0.3) is 5.56 Å². The van der Waals surface area contributed by atoms with Gasteiger partial charge in [0.2, 0.25) is 0 Å². The van der Waals surface area contributed by atoms with Crippen LogP contribution < -0.4 is 5.56 Å². The third kappa shape index (κ3) is 4.47. The third-order valence-corrected chi connectivity index (χ3v) is 5.68. The van der Waals surface area contributed by atoms with Gasteiger partial charge in [-0.05, 0) is 66.7 Å². The van der Waals surface area contributed by atoms with E-state index in [1.54, 1.807) is 39.1 Å². The minimum Gasteiger partial charge on any atom is -0.444 e. The van der Waals surface area contributed by atoms with Crippen LogP contribution in [0.15, 0.2) is 28.9 Å². The third-order valence-electron chi connectivity index (χ3n) is 5.68. The molecule has 0 atom stereocenters. The number of hydrogen-bond donors (Lipinski definition) is 0. The van der Waals surface area contributed by atoms with Crippen molar-refractivity contribution in [3.8, 4) is 0 Å². The second-order valence-electron chi connectivity index (χ2n) is 9.83. The zero-order valence-corrected chi connectivity index (χ0v) is 18.7. The van der Waals surface area contributed by atoms with Crippen molar-refractivity contribution >= 4 is 19.3 Å². The van der Waals surface area contributed by atoms with Gasteiger partial charge >= 0.3 is 13.2 Å². The summed E-state index contributed by atoms with van der Waals surface area (Å²) < 4.78 is 33.1. The lowest BCUT2D eigenvalue weighted by Gasteiger charge is -2.40. The number of halogens is 1. The van der Waals surface area contributed by atoms with Gasteiger partial charge < -0.3 is 23.5 Å². The predicted octanol–water partition coefficient (Wildman–Crippen LogP) is 3.58. The molecule has 164 valence electrons. The van der Waals surface area contributed by atoms with Crippen molar-refractivity contribution in [1.82, 2.24) is 9.47 Å². The SMILES string of the molecule is CC(C)(C)OC(=O)N1CC(n2cccc(C=C(F)B3OC(C)(C)C(C)(C)O3)c2=O)C1. The van der Waals surface area contributed by atoms with E-state index in [9.17, 15) is 14.0 Å². The standard InChI is InChI=1S/C21H30BFN2O5/c1-19(2,3)28-18(27)24-12-15(13-24)25-10-8-9-14(17(25)26)11-16(23)22-29-20(4,5)21(6,7)30-22/h8-11,15H,12-13H2,1-7H3. The molecule has 0 aliphatic carbocycles. The molecule has 2 aliphatic heterocycles. The maximum atomic E-state index is 14.8. The maximum absolute atomic E-state index is 14.8. The first-order chi connectivity index (χ1) is 13.7. The number of amides is 1. The number of carbonyl (C=O) groups is 1. The van der Waals surface area contributed by atoms with E-state index in [0.29, 0.717) is 13.1 Å². The van der Waals surface area contributed by atoms with E-state index < -0.39 is 35.7 Å². The summed E-state index contributed by atoms with van der Waals surface area (Å²) in [6, 6.07) is 3.05. The first-order valence-corrected chi connectivity index (χ1v) is 10.1. The zero-order chi connectivity index (χ0) is 22.5. The Morgan fingerprint density at radius 3 is 2.33 bits per heavy atom. The molecule has 0 aromatic carbocycles. The van der Waals surface area contributed by atoms with Gasteiger partial charge in [0.15, 0.2) is 0 Å². The molecule has 3 rings (SSSR count). The molecular formula is C21H30BFN2O5. The molecule has 0 saturated carbocycles. The number of hydrogen-bond acceptors (Lipinski definition) is 5. The van der Waals surface area contributed by atoms with E-state index in [0.717, 1.165) is 6.08 Å². The molecular weight excluding hydrogens is 390 g/mol. The number of carbonyl (C=O) groups excluding carboxylic acids is 1. The molecule has 0 spiro atoms. The van der Waals surface area contributed by atoms with E-state index >= 15 is 0 Å². The average Bonchev–Trinajstić information content (AvgIpc) is 2.76. The van der Waals surface area contributed by atoms with Crippen molar-refractivity contribution in [2.24, 2.45) is 0 Å². The molecule has 0 bridgehead atoms. The highest BCUT2D eigenvalue weighted by molar-refractivity contribution is 6.54. The Kier molecular flexibility index (Phi) is 5.66. The van der Waals surface area contributed by atoms with E-state index in [1.807, 2.05) is 27.7 Å². The molecule has 1 amide bonds. The molecule has 0 unspecified atom stereocenters. The molecule has 1 aromatic rings. The Balaban J connectivity index is 1.72. The lowest BCUT2D eigenvalue weighted by atomic mass is 9.87. The molecule has 2 fully saturated rings. The largest absolute Gasteiger partial charge is 0.525 e. The van der Waals surface area contributed by atoms with Gasteiger partial charge in [-0.15, -0.1) is 0 Å². The van der Waals surface area contributed by atoms with Crippen LogP contribution in [0.25, 0.3) is 6.08 Å². The van der Waals surface area contributed by atoms with Crippen LogP contribution in [0.1, 0.15) is 60.1 Å². The minimum atomic E-state index is -1.16. The van der Waals surface area contributed by atoms with Crippen molar-refractivity contribution in [3.05, 3.63) is 40.0 Å². The topological polar surface area (TPSA) is 70.0 Å². The molecule has 9 heteroatoms. The number of pyridine rings is 1. The van der Waals surface area contributed by atoms with Gasteiger partial charge in [-0.3, -0.25) is 4.79 Å². The summed E-state index contributed by atoms with van der Waals surface area (Å²) in [6.45, 7) is 13.5. The van der Waals surface area contributed by atoms with Gasteiger partial charge in [0.1, 0.15) is 11.3 Å². The van der Waals surface area contributed by atoms with Gasteiger partial charge in [0, 0.05) is 24.8 Å². The second-order valence-corrected chi connectivity index (χ2v) is 9.83. The Morgan fingerprint density at radius 1 is 1.23 bits per heavy atom. The van der Waals surface area contributed by atoms with E-state index in [2.05, 4.69) is 0 Å². The van der Waals surface area contributed by atoms with Crippen LogP contribution in [0, 0.1) is 0 Å². The monoisotopic (exact) mass is 420 g/mol. The van der Waals surface area contributed by atoms with Crippen molar-refractivity contribution in [2.75, 3.05) is 13.1 Å². The first kappa shape index (κ1) is 22.6. The summed E-state index contributed by atoms with van der Waals surface area (Å²) in [7, 11) is -1.16. The van der Waals surface area contributed by atoms with Crippen molar-refractivity contribution < 1.29 is 23.2 Å². The Hall–Kier alpha value is -2.13. The average molecular weight is 420 g/mol. The van der Waals surface area contributed by atoms with Gasteiger partial charge in [-0.25, -0.2) is 9.18 Å². The van der Waals surface area contributed by atoms with Crippen molar-refractivity contribution in [2.45, 2.75) is 71.3 Å². The number of nitrogens with zero attached hydrogens (tertiary/aromatic N) is 2. The van der Waals surface area contributed by atoms with Gasteiger partial charge in [-0.2, -0.15) is 0 Å². The Morgan fingerprint density at radius 2 is 1.80 bits per heavy atom. The van der Waals surface area contributed by atoms with Crippen LogP contribution in [-0.2, 0) is 14.0 Å². The second kappa shape index (κ2) is 7.53. The normalized spacial score (nSPS) is 21.5. The fraction of sp³-hybridized carbons (Fsp3) is 0.619. The Labute approximate surface area is 176 Å². The highest BCUT2D eigenvalue weighted by Crippen LogP contribution is 2.39. The highest BCUT2D eigenvalue weighted by Gasteiger charge is 2.53. The number of likely N-dealkylation sites (tertiary alicyclic amines) is 1. The lowest BCUT2D eigenvalue weighted by molar-refractivity contribution is 0.000652. The van der Waals surface area contributed by atoms with Crippen LogP contribution in [-0.4, -0.2) is 52.6 Å². The van der Waals surface area contributed by atoms with Crippen LogP contribution in [0.5, 0.6) is 0 Å². The molecule has 0 N–H and O–H groups in total. The number of rotatable bonds is 3. The van der Waals surface area contributed by atoms with Crippen LogP contribution in [0.2, 0.25) is 0 Å². The number of ether oxygens (including phenoxy) is 1. The fourth-order valence-corrected chi connectivity index (χ4v) is 3.20. The minimum absolute atomic E-state index is 0.182. The molecule has 3 heterocycles. The fourth-order valence-electron chi connectivity index (χ4n) is 3.20. The van der Waals surface area contributed by atoms with Crippen LogP contribution in [0.4, 0.5) is 9.18 Å². The molecule has 1 aromatic heterocycles. The maximum Gasteiger partial charge on any atom is 0.525 e. The molecule has 7 nitrogen and oxygen atoms in total. The van der Waals surface area contributed by atoms with Gasteiger partial charge in [-0.1, -0.05) is 0 Å². The summed E-state index contributed by atoms with van der Waals surface area (Å²) in [5.41, 5.74) is -2.71. The molecule has 2 saturated heterocycles. The first-order valence-electron chi connectivity index (χ1n) is 10.1. The summed E-state index contributed by atoms with van der Waals surface area (Å²) in [4.78, 5) is 26.5. The van der Waals surface area contributed by atoms with Crippen molar-refractivity contribution in [3.63, 3.8) is 0 Å². The summed E-state index contributed by atoms with van der Waals surface area (Å²) in [5, 5.41) is 0. The molecule has 2 aliphatic rings. The zero-order valence-electron chi connectivity index (χ0n) is 18.7. The molecule has 0 radical (unpaired) electrons. The highest BCUT2D eigenvalue weighted by atomic mass is 19.1. The Bertz CT molecular complexity index is 897. The van der Waals surface area contributed by atoms with Crippen LogP contribution >= 0.6 is 0 Å². The summed E-state index contributed by atoms with van der Waals surface area (Å²) in [5.74, 6) is 0. The quantitative estimate of drug-likeness (QED) is 0.700. The summed E-state index contributed by atoms with van der Waals surface area (Å²) >= 11 is 0. The predicted molar refractivity (Wildman–Crippen MR) is 113 cm³/mol. The van der Waals surface area contributed by atoms with Crippen LogP contribution in [0.3, 0.4) is 0 Å². The smallest absolute Gasteiger partial charge is 0.444 e. The molecule has 30 heavy (non-hydrogen) atoms. The van der Waals surface area contributed by atoms with Crippen molar-refractivity contribution in [1.29, 1.82) is 0 Å². The van der Waals surface area contributed by atoms with E-state index in [4.69, 9.17) is 14.0 Å². The summed E-state index contributed by atoms with van der Waals surface area (Å²) in [6.07, 6.45) is 2.39. The van der Waals surface area contributed by atoms with E-state index in [-0.39, 0.29) is 17.2 Å². The van der Waals surface area contributed by atoms with E-state index in [1.165, 1.54) is 9.47 Å². The number of aromatic nitrogens is 1.